The van der Waals surface area contributed by atoms with Gasteiger partial charge >= 0.3 is 0 Å². The van der Waals surface area contributed by atoms with E-state index in [1.807, 2.05) is 55.5 Å². The minimum Gasteiger partial charge on any atom is -0.467 e. The molecule has 1 atom stereocenters. The van der Waals surface area contributed by atoms with Crippen LogP contribution < -0.4 is 10.9 Å². The summed E-state index contributed by atoms with van der Waals surface area (Å²) in [5, 5.41) is 3.96. The molecule has 164 valence electrons. The van der Waals surface area contributed by atoms with Gasteiger partial charge in [0, 0.05) is 0 Å². The maximum atomic E-state index is 13.5. The molecule has 0 fully saturated rings. The highest BCUT2D eigenvalue weighted by molar-refractivity contribution is 7.99. The highest BCUT2D eigenvalue weighted by Gasteiger charge is 2.19. The molecule has 0 aliphatic carbocycles. The summed E-state index contributed by atoms with van der Waals surface area (Å²) in [4.78, 5) is 30.8. The Morgan fingerprint density at radius 2 is 1.81 bits per heavy atom. The molecule has 0 aliphatic rings. The molecule has 6 nitrogen and oxygen atoms in total. The third kappa shape index (κ3) is 4.48. The Bertz CT molecular complexity index is 1300. The molecule has 0 aliphatic heterocycles. The molecule has 1 N–H and O–H groups in total. The number of carbonyl (C=O) groups excluding carboxylic acids is 1. The van der Waals surface area contributed by atoms with Crippen LogP contribution in [0.2, 0.25) is 0 Å². The first kappa shape index (κ1) is 21.9. The average Bonchev–Trinajstić information content (AvgIpc) is 3.33. The maximum Gasteiger partial charge on any atom is 0.266 e. The lowest BCUT2D eigenvalue weighted by atomic mass is 10.0. The molecular weight excluding hydrogens is 422 g/mol. The monoisotopic (exact) mass is 447 g/mol. The van der Waals surface area contributed by atoms with Gasteiger partial charge in [0.05, 0.1) is 34.6 Å². The molecule has 1 amide bonds. The van der Waals surface area contributed by atoms with Gasteiger partial charge < -0.3 is 9.73 Å². The number of amides is 1. The van der Waals surface area contributed by atoms with Gasteiger partial charge in [-0.25, -0.2) is 4.98 Å². The van der Waals surface area contributed by atoms with Crippen molar-refractivity contribution in [3.8, 4) is 5.69 Å². The zero-order valence-electron chi connectivity index (χ0n) is 18.2. The first-order valence-electron chi connectivity index (χ1n) is 10.5. The molecule has 2 aromatic heterocycles. The third-order valence-electron chi connectivity index (χ3n) is 5.22. The van der Waals surface area contributed by atoms with Crippen molar-refractivity contribution < 1.29 is 9.21 Å². The number of nitrogens with one attached hydrogen (secondary N) is 1. The van der Waals surface area contributed by atoms with E-state index in [1.165, 1.54) is 11.8 Å². The van der Waals surface area contributed by atoms with Crippen LogP contribution in [0.4, 0.5) is 0 Å². The van der Waals surface area contributed by atoms with Crippen molar-refractivity contribution >= 4 is 28.6 Å². The number of benzene rings is 2. The third-order valence-corrected chi connectivity index (χ3v) is 6.16. The number of carbonyl (C=O) groups is 1. The van der Waals surface area contributed by atoms with Gasteiger partial charge in [-0.1, -0.05) is 55.9 Å². The van der Waals surface area contributed by atoms with Crippen LogP contribution in [-0.2, 0) is 4.79 Å². The second kappa shape index (κ2) is 9.44. The van der Waals surface area contributed by atoms with Crippen LogP contribution in [0.3, 0.4) is 0 Å². The van der Waals surface area contributed by atoms with Gasteiger partial charge in [0.2, 0.25) is 5.91 Å². The molecule has 2 heterocycles. The molecule has 0 bridgehead atoms. The van der Waals surface area contributed by atoms with E-state index in [0.29, 0.717) is 21.8 Å². The number of para-hydroxylation sites is 2. The van der Waals surface area contributed by atoms with Crippen LogP contribution in [0.25, 0.3) is 16.6 Å². The number of aromatic nitrogens is 2. The van der Waals surface area contributed by atoms with Crippen LogP contribution in [0.15, 0.2) is 81.3 Å². The maximum absolute atomic E-state index is 13.5. The van der Waals surface area contributed by atoms with Crippen LogP contribution >= 0.6 is 11.8 Å². The molecule has 0 saturated heterocycles. The molecule has 0 spiro atoms. The number of hydrogen-bond acceptors (Lipinski definition) is 5. The average molecular weight is 448 g/mol. The lowest BCUT2D eigenvalue weighted by Gasteiger charge is -2.18. The van der Waals surface area contributed by atoms with E-state index in [-0.39, 0.29) is 29.2 Å². The van der Waals surface area contributed by atoms with E-state index in [4.69, 9.17) is 9.40 Å². The Morgan fingerprint density at radius 3 is 2.56 bits per heavy atom. The molecule has 32 heavy (non-hydrogen) atoms. The summed E-state index contributed by atoms with van der Waals surface area (Å²) in [5.41, 5.74) is 2.31. The van der Waals surface area contributed by atoms with Gasteiger partial charge in [-0.2, -0.15) is 0 Å². The SMILES string of the molecule is CC(C)c1ccccc1-n1c(SCC(=O)NC(C)c2ccco2)nc2ccccc2c1=O. The minimum absolute atomic E-state index is 0.125. The standard InChI is InChI=1S/C25H25N3O3S/c1-16(2)18-9-5-7-12-21(18)28-24(30)19-10-4-6-11-20(19)27-25(28)32-15-23(29)26-17(3)22-13-8-14-31-22/h4-14,16-17H,15H2,1-3H3,(H,26,29). The van der Waals surface area contributed by atoms with Crippen molar-refractivity contribution in [2.24, 2.45) is 0 Å². The van der Waals surface area contributed by atoms with Gasteiger partial charge in [-0.15, -0.1) is 0 Å². The van der Waals surface area contributed by atoms with Gasteiger partial charge in [0.15, 0.2) is 5.16 Å². The predicted octanol–water partition coefficient (Wildman–Crippen LogP) is 5.07. The molecule has 0 saturated carbocycles. The van der Waals surface area contributed by atoms with Crippen molar-refractivity contribution in [1.82, 2.24) is 14.9 Å². The van der Waals surface area contributed by atoms with E-state index < -0.39 is 0 Å². The van der Waals surface area contributed by atoms with Gasteiger partial charge in [0.25, 0.3) is 5.56 Å². The molecule has 4 aromatic rings. The van der Waals surface area contributed by atoms with Crippen molar-refractivity contribution in [1.29, 1.82) is 0 Å². The quantitative estimate of drug-likeness (QED) is 0.316. The summed E-state index contributed by atoms with van der Waals surface area (Å²) in [6.07, 6.45) is 1.58. The largest absolute Gasteiger partial charge is 0.467 e. The lowest BCUT2D eigenvalue weighted by Crippen LogP contribution is -2.29. The Hall–Kier alpha value is -3.32. The van der Waals surface area contributed by atoms with E-state index in [9.17, 15) is 9.59 Å². The molecule has 4 rings (SSSR count). The van der Waals surface area contributed by atoms with E-state index in [1.54, 1.807) is 23.0 Å². The molecule has 1 unspecified atom stereocenters. The Kier molecular flexibility index (Phi) is 6.46. The Morgan fingerprint density at radius 1 is 1.06 bits per heavy atom. The molecular formula is C25H25N3O3S. The Labute approximate surface area is 190 Å². The summed E-state index contributed by atoms with van der Waals surface area (Å²) in [6.45, 7) is 6.05. The topological polar surface area (TPSA) is 77.1 Å². The highest BCUT2D eigenvalue weighted by Crippen LogP contribution is 2.27. The molecule has 0 radical (unpaired) electrons. The van der Waals surface area contributed by atoms with Crippen molar-refractivity contribution in [2.45, 2.75) is 37.9 Å². The zero-order valence-corrected chi connectivity index (χ0v) is 19.1. The van der Waals surface area contributed by atoms with Crippen molar-refractivity contribution in [3.05, 3.63) is 88.6 Å². The zero-order chi connectivity index (χ0) is 22.7. The summed E-state index contributed by atoms with van der Waals surface area (Å²) in [5.74, 6) is 0.875. The lowest BCUT2D eigenvalue weighted by molar-refractivity contribution is -0.119. The summed E-state index contributed by atoms with van der Waals surface area (Å²) in [7, 11) is 0. The fraction of sp³-hybridized carbons (Fsp3) is 0.240. The highest BCUT2D eigenvalue weighted by atomic mass is 32.2. The van der Waals surface area contributed by atoms with Gasteiger partial charge in [-0.05, 0) is 48.7 Å². The van der Waals surface area contributed by atoms with Gasteiger partial charge in [-0.3, -0.25) is 14.2 Å². The molecule has 2 aromatic carbocycles. The summed E-state index contributed by atoms with van der Waals surface area (Å²) < 4.78 is 6.99. The van der Waals surface area contributed by atoms with Crippen molar-refractivity contribution in [2.75, 3.05) is 5.75 Å². The van der Waals surface area contributed by atoms with E-state index in [0.717, 1.165) is 11.3 Å². The fourth-order valence-electron chi connectivity index (χ4n) is 3.62. The van der Waals surface area contributed by atoms with E-state index >= 15 is 0 Å². The smallest absolute Gasteiger partial charge is 0.266 e. The van der Waals surface area contributed by atoms with Crippen LogP contribution in [0, 0.1) is 0 Å². The first-order chi connectivity index (χ1) is 15.5. The summed E-state index contributed by atoms with van der Waals surface area (Å²) >= 11 is 1.25. The number of thioether (sulfide) groups is 1. The fourth-order valence-corrected chi connectivity index (χ4v) is 4.44. The van der Waals surface area contributed by atoms with Gasteiger partial charge in [0.1, 0.15) is 5.76 Å². The Balaban J connectivity index is 1.70. The first-order valence-corrected chi connectivity index (χ1v) is 11.5. The van der Waals surface area contributed by atoms with Crippen LogP contribution in [0.1, 0.15) is 44.1 Å². The number of rotatable bonds is 7. The number of hydrogen-bond donors (Lipinski definition) is 1. The number of fused-ring (bicyclic) bond motifs is 1. The summed E-state index contributed by atoms with van der Waals surface area (Å²) in [6, 6.07) is 18.5. The number of furan rings is 1. The van der Waals surface area contributed by atoms with Crippen molar-refractivity contribution in [3.63, 3.8) is 0 Å². The molecule has 7 heteroatoms. The predicted molar refractivity (Wildman–Crippen MR) is 127 cm³/mol. The minimum atomic E-state index is -0.244. The van der Waals surface area contributed by atoms with Crippen LogP contribution in [-0.4, -0.2) is 21.2 Å². The second-order valence-corrected chi connectivity index (χ2v) is 8.80. The van der Waals surface area contributed by atoms with Crippen LogP contribution in [0.5, 0.6) is 0 Å². The normalized spacial score (nSPS) is 12.2. The van der Waals surface area contributed by atoms with E-state index in [2.05, 4.69) is 19.2 Å². The second-order valence-electron chi connectivity index (χ2n) is 7.86. The number of nitrogens with zero attached hydrogens (tertiary/aromatic N) is 2.